The van der Waals surface area contributed by atoms with Crippen LogP contribution in [0, 0.1) is 11.8 Å². The van der Waals surface area contributed by atoms with E-state index in [0.717, 1.165) is 31.2 Å². The molecule has 0 unspecified atom stereocenters. The maximum atomic E-state index is 12.6. The second kappa shape index (κ2) is 9.17. The minimum atomic E-state index is 0.130. The summed E-state index contributed by atoms with van der Waals surface area (Å²) in [4.78, 5) is 21.2. The summed E-state index contributed by atoms with van der Waals surface area (Å²) >= 11 is 1.47. The van der Waals surface area contributed by atoms with E-state index in [2.05, 4.69) is 23.7 Å². The molecule has 3 rings (SSSR count). The number of rotatable bonds is 6. The Hall–Kier alpha value is -1.15. The van der Waals surface area contributed by atoms with E-state index in [4.69, 9.17) is 4.74 Å². The summed E-state index contributed by atoms with van der Waals surface area (Å²) in [6.07, 6.45) is 2.21. The van der Waals surface area contributed by atoms with Gasteiger partial charge in [-0.25, -0.2) is 4.98 Å². The molecule has 144 valence electrons. The predicted octanol–water partition coefficient (Wildman–Crippen LogP) is 1.35. The van der Waals surface area contributed by atoms with Gasteiger partial charge in [-0.3, -0.25) is 9.69 Å². The van der Waals surface area contributed by atoms with E-state index in [1.807, 2.05) is 23.1 Å². The van der Waals surface area contributed by atoms with Crippen LogP contribution >= 0.6 is 11.8 Å². The lowest BCUT2D eigenvalue weighted by molar-refractivity contribution is -0.127. The van der Waals surface area contributed by atoms with Gasteiger partial charge in [-0.1, -0.05) is 17.8 Å². The molecule has 2 saturated heterocycles. The van der Waals surface area contributed by atoms with E-state index in [1.165, 1.54) is 11.8 Å². The first-order valence-electron chi connectivity index (χ1n) is 9.35. The lowest BCUT2D eigenvalue weighted by atomic mass is 9.96. The average Bonchev–Trinajstić information content (AvgIpc) is 3.02. The maximum absolute atomic E-state index is 12.6. The molecule has 2 fully saturated rings. The number of likely N-dealkylation sites (tertiary alicyclic amines) is 1. The Morgan fingerprint density at radius 2 is 1.96 bits per heavy atom. The third-order valence-corrected chi connectivity index (χ3v) is 6.06. The lowest BCUT2D eigenvalue weighted by Gasteiger charge is -2.37. The zero-order chi connectivity index (χ0) is 18.5. The molecule has 1 amide bonds. The molecule has 7 heteroatoms. The highest BCUT2D eigenvalue weighted by Gasteiger charge is 2.36. The number of aliphatic hydroxyl groups excluding tert-OH is 1. The first-order chi connectivity index (χ1) is 12.5. The van der Waals surface area contributed by atoms with E-state index in [9.17, 15) is 9.90 Å². The number of carbonyl (C=O) groups excluding carboxylic acids is 1. The molecule has 26 heavy (non-hydrogen) atoms. The molecule has 6 nitrogen and oxygen atoms in total. The van der Waals surface area contributed by atoms with Crippen molar-refractivity contribution in [3.63, 3.8) is 0 Å². The summed E-state index contributed by atoms with van der Waals surface area (Å²) in [7, 11) is 0. The van der Waals surface area contributed by atoms with Gasteiger partial charge in [-0.05, 0) is 31.9 Å². The largest absolute Gasteiger partial charge is 0.396 e. The summed E-state index contributed by atoms with van der Waals surface area (Å²) in [6, 6.07) is 5.72. The van der Waals surface area contributed by atoms with Crippen molar-refractivity contribution >= 4 is 17.7 Å². The molecule has 2 aliphatic heterocycles. The second-order valence-corrected chi connectivity index (χ2v) is 8.43. The number of pyridine rings is 1. The smallest absolute Gasteiger partial charge is 0.233 e. The van der Waals surface area contributed by atoms with Crippen LogP contribution in [0.1, 0.15) is 13.8 Å². The topological polar surface area (TPSA) is 65.9 Å². The molecule has 1 aromatic rings. The Morgan fingerprint density at radius 1 is 1.23 bits per heavy atom. The number of aromatic nitrogens is 1. The van der Waals surface area contributed by atoms with E-state index in [-0.39, 0.29) is 30.6 Å². The van der Waals surface area contributed by atoms with Crippen LogP contribution in [0.4, 0.5) is 0 Å². The zero-order valence-electron chi connectivity index (χ0n) is 15.6. The Bertz CT molecular complexity index is 579. The number of amides is 1. The van der Waals surface area contributed by atoms with Gasteiger partial charge in [0.2, 0.25) is 5.91 Å². The lowest BCUT2D eigenvalue weighted by Crippen LogP contribution is -2.48. The molecule has 0 bridgehead atoms. The molecular weight excluding hydrogens is 350 g/mol. The number of carbonyl (C=O) groups is 1. The molecule has 3 heterocycles. The quantitative estimate of drug-likeness (QED) is 0.753. The van der Waals surface area contributed by atoms with Gasteiger partial charge >= 0.3 is 0 Å². The van der Waals surface area contributed by atoms with E-state index < -0.39 is 0 Å². The molecule has 0 aromatic carbocycles. The van der Waals surface area contributed by atoms with Gasteiger partial charge in [0, 0.05) is 51.4 Å². The third kappa shape index (κ3) is 5.19. The number of hydrogen-bond acceptors (Lipinski definition) is 6. The van der Waals surface area contributed by atoms with Crippen LogP contribution in [0.3, 0.4) is 0 Å². The molecule has 4 atom stereocenters. The van der Waals surface area contributed by atoms with Crippen LogP contribution in [0.5, 0.6) is 0 Å². The Labute approximate surface area is 159 Å². The van der Waals surface area contributed by atoms with Crippen molar-refractivity contribution < 1.29 is 14.6 Å². The highest BCUT2D eigenvalue weighted by molar-refractivity contribution is 7.99. The number of hydrogen-bond donors (Lipinski definition) is 1. The Morgan fingerprint density at radius 3 is 2.62 bits per heavy atom. The van der Waals surface area contributed by atoms with Gasteiger partial charge in [-0.15, -0.1) is 0 Å². The molecule has 0 saturated carbocycles. The van der Waals surface area contributed by atoms with Crippen LogP contribution in [0.2, 0.25) is 0 Å². The van der Waals surface area contributed by atoms with Crippen molar-refractivity contribution in [1.29, 1.82) is 0 Å². The van der Waals surface area contributed by atoms with Crippen LogP contribution in [-0.2, 0) is 9.53 Å². The van der Waals surface area contributed by atoms with Gasteiger partial charge in [0.05, 0.1) is 23.0 Å². The van der Waals surface area contributed by atoms with E-state index >= 15 is 0 Å². The zero-order valence-corrected chi connectivity index (χ0v) is 16.4. The van der Waals surface area contributed by atoms with Gasteiger partial charge < -0.3 is 14.7 Å². The molecular formula is C19H29N3O3S. The van der Waals surface area contributed by atoms with Crippen molar-refractivity contribution in [3.05, 3.63) is 24.4 Å². The summed E-state index contributed by atoms with van der Waals surface area (Å²) < 4.78 is 5.80. The normalized spacial score (nSPS) is 29.9. The van der Waals surface area contributed by atoms with Crippen molar-refractivity contribution in [2.75, 3.05) is 45.1 Å². The van der Waals surface area contributed by atoms with Crippen molar-refractivity contribution in [2.45, 2.75) is 31.1 Å². The van der Waals surface area contributed by atoms with Crippen LogP contribution in [-0.4, -0.2) is 83.1 Å². The fourth-order valence-electron chi connectivity index (χ4n) is 3.98. The average molecular weight is 380 g/mol. The fraction of sp³-hybridized carbons (Fsp3) is 0.684. The molecule has 0 aliphatic carbocycles. The van der Waals surface area contributed by atoms with Gasteiger partial charge in [-0.2, -0.15) is 0 Å². The minimum absolute atomic E-state index is 0.130. The first kappa shape index (κ1) is 19.6. The highest BCUT2D eigenvalue weighted by atomic mass is 32.2. The fourth-order valence-corrected chi connectivity index (χ4v) is 4.74. The molecule has 2 aliphatic rings. The van der Waals surface area contributed by atoms with Crippen molar-refractivity contribution in [1.82, 2.24) is 14.8 Å². The number of ether oxygens (including phenoxy) is 1. The van der Waals surface area contributed by atoms with Gasteiger partial charge in [0.15, 0.2) is 0 Å². The number of thioether (sulfide) groups is 1. The standard InChI is InChI=1S/C19H29N3O3S/c1-14-7-21(8-15(2)25-14)9-16-10-22(11-17(16)12-23)19(24)13-26-18-5-3-4-6-20-18/h3-6,14-17,23H,7-13H2,1-2H3/t14-,15+,16-,17-/m0/s1. The van der Waals surface area contributed by atoms with Crippen LogP contribution < -0.4 is 0 Å². The maximum Gasteiger partial charge on any atom is 0.233 e. The van der Waals surface area contributed by atoms with Crippen molar-refractivity contribution in [3.8, 4) is 0 Å². The Balaban J connectivity index is 1.52. The third-order valence-electron chi connectivity index (χ3n) is 5.13. The number of morpholine rings is 1. The van der Waals surface area contributed by atoms with Crippen molar-refractivity contribution in [2.24, 2.45) is 11.8 Å². The van der Waals surface area contributed by atoms with Crippen LogP contribution in [0.15, 0.2) is 29.4 Å². The summed E-state index contributed by atoms with van der Waals surface area (Å²) in [6.45, 7) is 8.48. The van der Waals surface area contributed by atoms with Gasteiger partial charge in [0.1, 0.15) is 0 Å². The minimum Gasteiger partial charge on any atom is -0.396 e. The summed E-state index contributed by atoms with van der Waals surface area (Å²) in [5, 5.41) is 10.6. The molecule has 1 aromatic heterocycles. The monoisotopic (exact) mass is 379 g/mol. The predicted molar refractivity (Wildman–Crippen MR) is 102 cm³/mol. The van der Waals surface area contributed by atoms with E-state index in [1.54, 1.807) is 6.20 Å². The molecule has 0 spiro atoms. The highest BCUT2D eigenvalue weighted by Crippen LogP contribution is 2.26. The summed E-state index contributed by atoms with van der Waals surface area (Å²) in [5.41, 5.74) is 0. The summed E-state index contributed by atoms with van der Waals surface area (Å²) in [5.74, 6) is 1.01. The Kier molecular flexibility index (Phi) is 6.92. The molecule has 0 radical (unpaired) electrons. The van der Waals surface area contributed by atoms with Gasteiger partial charge in [0.25, 0.3) is 0 Å². The van der Waals surface area contributed by atoms with Crippen LogP contribution in [0.25, 0.3) is 0 Å². The SMILES string of the molecule is C[C@@H]1CN(C[C@H]2CN(C(=O)CSc3ccccn3)C[C@H]2CO)C[C@H](C)O1. The second-order valence-electron chi connectivity index (χ2n) is 7.43. The van der Waals surface area contributed by atoms with E-state index in [0.29, 0.717) is 18.2 Å². The first-order valence-corrected chi connectivity index (χ1v) is 10.3. The number of nitrogens with zero attached hydrogens (tertiary/aromatic N) is 3. The number of aliphatic hydroxyl groups is 1. The molecule has 1 N–H and O–H groups in total.